The van der Waals surface area contributed by atoms with Crippen LogP contribution in [0.4, 0.5) is 5.69 Å². The van der Waals surface area contributed by atoms with E-state index in [1.54, 1.807) is 39.7 Å². The van der Waals surface area contributed by atoms with Crippen LogP contribution < -0.4 is 24.8 Å². The Bertz CT molecular complexity index is 1310. The van der Waals surface area contributed by atoms with Gasteiger partial charge in [-0.25, -0.2) is 0 Å². The highest BCUT2D eigenvalue weighted by atomic mass is 16.5. The van der Waals surface area contributed by atoms with Gasteiger partial charge in [-0.1, -0.05) is 59.1 Å². The SMILES string of the molecule is CCCCCC(CC(=O)Nc1cc(CNC(=O)c2cccnc2)ccc1C(C)(C)C)c1cc(OC)c(OC)c(OC)c1. The lowest BCUT2D eigenvalue weighted by Crippen LogP contribution is -2.24. The molecule has 0 aliphatic rings. The quantitative estimate of drug-likeness (QED) is 0.200. The number of nitrogens with zero attached hydrogens (tertiary/aromatic N) is 1. The van der Waals surface area contributed by atoms with Crippen LogP contribution in [-0.4, -0.2) is 38.1 Å². The highest BCUT2D eigenvalue weighted by molar-refractivity contribution is 5.94. The number of carbonyl (C=O) groups excluding carboxylic acids is 2. The number of rotatable bonds is 14. The van der Waals surface area contributed by atoms with Gasteiger partial charge in [-0.15, -0.1) is 0 Å². The molecule has 0 bridgehead atoms. The molecule has 2 N–H and O–H groups in total. The Morgan fingerprint density at radius 2 is 1.67 bits per heavy atom. The second-order valence-electron chi connectivity index (χ2n) is 11.5. The predicted molar refractivity (Wildman–Crippen MR) is 167 cm³/mol. The third-order valence-electron chi connectivity index (χ3n) is 7.29. The number of hydrogen-bond donors (Lipinski definition) is 2. The van der Waals surface area contributed by atoms with Crippen LogP contribution in [0, 0.1) is 0 Å². The summed E-state index contributed by atoms with van der Waals surface area (Å²) >= 11 is 0. The Kier molecular flexibility index (Phi) is 11.8. The largest absolute Gasteiger partial charge is 0.493 e. The predicted octanol–water partition coefficient (Wildman–Crippen LogP) is 7.03. The molecule has 2 amide bonds. The molecule has 42 heavy (non-hydrogen) atoms. The second kappa shape index (κ2) is 15.2. The van der Waals surface area contributed by atoms with Gasteiger partial charge in [0.05, 0.1) is 26.9 Å². The van der Waals surface area contributed by atoms with Crippen molar-refractivity contribution in [3.05, 3.63) is 77.1 Å². The van der Waals surface area contributed by atoms with Gasteiger partial charge in [0, 0.05) is 31.0 Å². The first-order valence-corrected chi connectivity index (χ1v) is 14.5. The van der Waals surface area contributed by atoms with Gasteiger partial charge in [0.1, 0.15) is 0 Å². The minimum absolute atomic E-state index is 0.0368. The smallest absolute Gasteiger partial charge is 0.253 e. The first-order chi connectivity index (χ1) is 20.1. The molecule has 1 atom stereocenters. The maximum Gasteiger partial charge on any atom is 0.253 e. The standard InChI is InChI=1S/C34H45N3O5/c1-8-9-10-12-24(26-18-29(40-5)32(42-7)30(19-26)41-6)20-31(38)37-28-17-23(14-15-27(28)34(2,3)4)21-36-33(39)25-13-11-16-35-22-25/h11,13-19,22,24H,8-10,12,20-21H2,1-7H3,(H,36,39)(H,37,38). The molecular formula is C34H45N3O5. The number of ether oxygens (including phenoxy) is 3. The van der Waals surface area contributed by atoms with Crippen LogP contribution in [0.3, 0.4) is 0 Å². The van der Waals surface area contributed by atoms with Gasteiger partial charge in [-0.05, 0) is 64.8 Å². The summed E-state index contributed by atoms with van der Waals surface area (Å²) in [6.07, 6.45) is 7.50. The number of pyridine rings is 1. The minimum Gasteiger partial charge on any atom is -0.493 e. The number of nitrogens with one attached hydrogen (secondary N) is 2. The van der Waals surface area contributed by atoms with Crippen LogP contribution >= 0.6 is 0 Å². The Labute approximate surface area is 250 Å². The summed E-state index contributed by atoms with van der Waals surface area (Å²) in [7, 11) is 4.78. The van der Waals surface area contributed by atoms with Gasteiger partial charge in [-0.2, -0.15) is 0 Å². The van der Waals surface area contributed by atoms with Crippen LogP contribution in [0.5, 0.6) is 17.2 Å². The van der Waals surface area contributed by atoms with Crippen LogP contribution in [0.25, 0.3) is 0 Å². The summed E-state index contributed by atoms with van der Waals surface area (Å²) in [5, 5.41) is 6.14. The van der Waals surface area contributed by atoms with Gasteiger partial charge in [0.15, 0.2) is 11.5 Å². The average molecular weight is 576 g/mol. The molecule has 8 nitrogen and oxygen atoms in total. The van der Waals surface area contributed by atoms with Crippen molar-refractivity contribution in [2.45, 2.75) is 77.7 Å². The molecule has 8 heteroatoms. The van der Waals surface area contributed by atoms with Crippen molar-refractivity contribution in [2.75, 3.05) is 26.6 Å². The average Bonchev–Trinajstić information content (AvgIpc) is 2.98. The molecular weight excluding hydrogens is 530 g/mol. The maximum atomic E-state index is 13.6. The molecule has 3 rings (SSSR count). The van der Waals surface area contributed by atoms with E-state index in [1.807, 2.05) is 30.3 Å². The van der Waals surface area contributed by atoms with Crippen LogP contribution in [-0.2, 0) is 16.8 Å². The molecule has 0 saturated heterocycles. The van der Waals surface area contributed by atoms with Crippen molar-refractivity contribution in [3.63, 3.8) is 0 Å². The number of benzene rings is 2. The van der Waals surface area contributed by atoms with E-state index in [1.165, 1.54) is 6.20 Å². The van der Waals surface area contributed by atoms with Crippen LogP contribution in [0.2, 0.25) is 0 Å². The van der Waals surface area contributed by atoms with Crippen LogP contribution in [0.1, 0.15) is 92.8 Å². The van der Waals surface area contributed by atoms with Gasteiger partial charge in [0.2, 0.25) is 11.7 Å². The zero-order valence-corrected chi connectivity index (χ0v) is 26.0. The van der Waals surface area contributed by atoms with Crippen molar-refractivity contribution in [3.8, 4) is 17.2 Å². The van der Waals surface area contributed by atoms with Gasteiger partial charge >= 0.3 is 0 Å². The number of hydrogen-bond acceptors (Lipinski definition) is 6. The number of anilines is 1. The summed E-state index contributed by atoms with van der Waals surface area (Å²) in [6.45, 7) is 8.84. The van der Waals surface area contributed by atoms with Crippen molar-refractivity contribution in [1.82, 2.24) is 10.3 Å². The van der Waals surface area contributed by atoms with E-state index in [0.717, 1.165) is 48.1 Å². The first-order valence-electron chi connectivity index (χ1n) is 14.5. The fourth-order valence-electron chi connectivity index (χ4n) is 5.03. The van der Waals surface area contributed by atoms with E-state index >= 15 is 0 Å². The zero-order chi connectivity index (χ0) is 30.7. The molecule has 1 unspecified atom stereocenters. The molecule has 0 spiro atoms. The zero-order valence-electron chi connectivity index (χ0n) is 26.0. The summed E-state index contributed by atoms with van der Waals surface area (Å²) in [6, 6.07) is 13.3. The van der Waals surface area contributed by atoms with E-state index in [9.17, 15) is 9.59 Å². The molecule has 0 fully saturated rings. The summed E-state index contributed by atoms with van der Waals surface area (Å²) in [5.41, 5.74) is 3.93. The highest BCUT2D eigenvalue weighted by Crippen LogP contribution is 2.42. The third-order valence-corrected chi connectivity index (χ3v) is 7.29. The normalized spacial score (nSPS) is 11.9. The van der Waals surface area contributed by atoms with E-state index in [-0.39, 0.29) is 23.1 Å². The topological polar surface area (TPSA) is 98.8 Å². The molecule has 1 heterocycles. The maximum absolute atomic E-state index is 13.6. The lowest BCUT2D eigenvalue weighted by Gasteiger charge is -2.25. The Hall–Kier alpha value is -4.07. The third kappa shape index (κ3) is 8.71. The van der Waals surface area contributed by atoms with Crippen molar-refractivity contribution < 1.29 is 23.8 Å². The number of methoxy groups -OCH3 is 3. The molecule has 226 valence electrons. The van der Waals surface area contributed by atoms with Gasteiger partial charge in [-0.3, -0.25) is 14.6 Å². The first kappa shape index (κ1) is 32.4. The molecule has 0 radical (unpaired) electrons. The van der Waals surface area contributed by atoms with Crippen molar-refractivity contribution >= 4 is 17.5 Å². The molecule has 1 aromatic heterocycles. The Morgan fingerprint density at radius 3 is 2.24 bits per heavy atom. The van der Waals surface area contributed by atoms with E-state index in [0.29, 0.717) is 35.8 Å². The lowest BCUT2D eigenvalue weighted by molar-refractivity contribution is -0.116. The fraction of sp³-hybridized carbons (Fsp3) is 0.441. The summed E-state index contributed by atoms with van der Waals surface area (Å²) in [5.74, 6) is 1.36. The number of amides is 2. The number of unbranched alkanes of at least 4 members (excludes halogenated alkanes) is 2. The fourth-order valence-corrected chi connectivity index (χ4v) is 5.03. The van der Waals surface area contributed by atoms with E-state index < -0.39 is 0 Å². The molecule has 2 aromatic carbocycles. The van der Waals surface area contributed by atoms with Crippen LogP contribution in [0.15, 0.2) is 54.9 Å². The second-order valence-corrected chi connectivity index (χ2v) is 11.5. The molecule has 0 saturated carbocycles. The summed E-state index contributed by atoms with van der Waals surface area (Å²) in [4.78, 5) is 30.2. The lowest BCUT2D eigenvalue weighted by atomic mass is 9.85. The molecule has 3 aromatic rings. The monoisotopic (exact) mass is 575 g/mol. The Balaban J connectivity index is 1.85. The minimum atomic E-state index is -0.200. The van der Waals surface area contributed by atoms with Crippen molar-refractivity contribution in [1.29, 1.82) is 0 Å². The van der Waals surface area contributed by atoms with E-state index in [2.05, 4.69) is 43.3 Å². The van der Waals surface area contributed by atoms with Gasteiger partial charge < -0.3 is 24.8 Å². The van der Waals surface area contributed by atoms with Gasteiger partial charge in [0.25, 0.3) is 5.91 Å². The Morgan fingerprint density at radius 1 is 0.952 bits per heavy atom. The van der Waals surface area contributed by atoms with E-state index in [4.69, 9.17) is 14.2 Å². The number of carbonyl (C=O) groups is 2. The van der Waals surface area contributed by atoms with Crippen molar-refractivity contribution in [2.24, 2.45) is 0 Å². The number of aromatic nitrogens is 1. The molecule has 0 aliphatic heterocycles. The molecule has 0 aliphatic carbocycles. The summed E-state index contributed by atoms with van der Waals surface area (Å²) < 4.78 is 16.7. The highest BCUT2D eigenvalue weighted by Gasteiger charge is 2.24.